The third-order valence-corrected chi connectivity index (χ3v) is 1.29. The Hall–Kier alpha value is -0.900. The normalized spacial score (nSPS) is 9.33. The van der Waals surface area contributed by atoms with Crippen LogP contribution in [-0.4, -0.2) is 11.4 Å². The van der Waals surface area contributed by atoms with E-state index in [-0.39, 0.29) is 0 Å². The predicted molar refractivity (Wildman–Crippen MR) is 33.7 cm³/mol. The van der Waals surface area contributed by atoms with E-state index in [0.29, 0.717) is 11.1 Å². The molecule has 1 heterocycles. The van der Waals surface area contributed by atoms with E-state index in [0.717, 1.165) is 11.8 Å². The zero-order valence-electron chi connectivity index (χ0n) is 4.59. The molecule has 4 heteroatoms. The van der Waals surface area contributed by atoms with E-state index in [9.17, 15) is 4.79 Å². The summed E-state index contributed by atoms with van der Waals surface area (Å²) in [5.74, 6) is 0. The van der Waals surface area contributed by atoms with Crippen LogP contribution in [0.1, 0.15) is 5.56 Å². The van der Waals surface area contributed by atoms with Crippen LogP contribution in [0.5, 0.6) is 0 Å². The fraction of sp³-hybridized carbons (Fsp3) is 0.200. The third-order valence-electron chi connectivity index (χ3n) is 0.948. The highest BCUT2D eigenvalue weighted by Gasteiger charge is 1.94. The zero-order valence-corrected chi connectivity index (χ0v) is 5.40. The molecule has 1 aromatic rings. The van der Waals surface area contributed by atoms with Crippen LogP contribution in [0.4, 0.5) is 0 Å². The number of aromatic nitrogens is 1. The molecule has 0 unspecified atom stereocenters. The largest absolute Gasteiger partial charge is 0.389 e. The van der Waals surface area contributed by atoms with Crippen molar-refractivity contribution in [1.82, 2.24) is 5.16 Å². The number of carbonyl (C=O) groups excluding carboxylic acids is 1. The van der Waals surface area contributed by atoms with E-state index in [1.165, 1.54) is 6.26 Å². The molecule has 0 aliphatic rings. The third kappa shape index (κ3) is 1.26. The molecule has 1 aromatic heterocycles. The van der Waals surface area contributed by atoms with E-state index in [4.69, 9.17) is 12.2 Å². The van der Waals surface area contributed by atoms with Crippen molar-refractivity contribution < 1.29 is 9.32 Å². The zero-order chi connectivity index (χ0) is 6.69. The Balaban J connectivity index is 2.93. The summed E-state index contributed by atoms with van der Waals surface area (Å²) in [7, 11) is 0. The summed E-state index contributed by atoms with van der Waals surface area (Å²) >= 11 is 4.74. The van der Waals surface area contributed by atoms with Gasteiger partial charge in [0, 0.05) is 12.0 Å². The Labute approximate surface area is 56.6 Å². The highest BCUT2D eigenvalue weighted by atomic mass is 32.1. The van der Waals surface area contributed by atoms with Gasteiger partial charge in [-0.2, -0.15) is 0 Å². The van der Waals surface area contributed by atoms with E-state index in [1.54, 1.807) is 0 Å². The quantitative estimate of drug-likeness (QED) is 0.497. The lowest BCUT2D eigenvalue weighted by molar-refractivity contribution is -0.107. The lowest BCUT2D eigenvalue weighted by Gasteiger charge is -1.76. The van der Waals surface area contributed by atoms with Crippen LogP contribution in [0, 0.1) is 4.64 Å². The Morgan fingerprint density at radius 1 is 1.89 bits per heavy atom. The van der Waals surface area contributed by atoms with Gasteiger partial charge in [-0.05, 0) is 0 Å². The molecule has 1 N–H and O–H groups in total. The highest BCUT2D eigenvalue weighted by Crippen LogP contribution is 1.98. The number of hydrogen-bond donors (Lipinski definition) is 1. The second-order valence-corrected chi connectivity index (χ2v) is 1.97. The topological polar surface area (TPSA) is 46.0 Å². The van der Waals surface area contributed by atoms with Crippen molar-refractivity contribution in [3.05, 3.63) is 16.5 Å². The van der Waals surface area contributed by atoms with Crippen molar-refractivity contribution in [2.75, 3.05) is 0 Å². The molecule has 0 fully saturated rings. The average Bonchev–Trinajstić information content (AvgIpc) is 2.18. The minimum absolute atomic E-state index is 0.325. The molecule has 0 radical (unpaired) electrons. The van der Waals surface area contributed by atoms with E-state index < -0.39 is 0 Å². The Kier molecular flexibility index (Phi) is 1.79. The van der Waals surface area contributed by atoms with Crippen LogP contribution in [0.3, 0.4) is 0 Å². The fourth-order valence-electron chi connectivity index (χ4n) is 0.504. The molecule has 0 atom stereocenters. The maximum atomic E-state index is 9.92. The number of rotatable bonds is 2. The van der Waals surface area contributed by atoms with Gasteiger partial charge in [0.05, 0.1) is 0 Å². The van der Waals surface area contributed by atoms with Crippen LogP contribution >= 0.6 is 12.2 Å². The molecule has 9 heavy (non-hydrogen) atoms. The molecular weight excluding hydrogens is 138 g/mol. The van der Waals surface area contributed by atoms with Crippen molar-refractivity contribution in [3.63, 3.8) is 0 Å². The Bertz CT molecular complexity index is 249. The smallest absolute Gasteiger partial charge is 0.141 e. The van der Waals surface area contributed by atoms with E-state index in [1.807, 2.05) is 0 Å². The number of nitrogens with one attached hydrogen (secondary N) is 1. The maximum absolute atomic E-state index is 9.92. The second-order valence-electron chi connectivity index (χ2n) is 1.56. The summed E-state index contributed by atoms with van der Waals surface area (Å²) in [6.45, 7) is 0. The molecule has 0 aliphatic carbocycles. The Morgan fingerprint density at radius 3 is 3.11 bits per heavy atom. The van der Waals surface area contributed by atoms with Crippen molar-refractivity contribution in [2.45, 2.75) is 6.42 Å². The van der Waals surface area contributed by atoms with Gasteiger partial charge in [-0.3, -0.25) is 0 Å². The van der Waals surface area contributed by atoms with Crippen LogP contribution in [0.15, 0.2) is 10.8 Å². The van der Waals surface area contributed by atoms with Crippen LogP contribution in [0.2, 0.25) is 0 Å². The van der Waals surface area contributed by atoms with Gasteiger partial charge in [0.2, 0.25) is 0 Å². The molecule has 48 valence electrons. The molecule has 0 bridgehead atoms. The molecule has 0 saturated heterocycles. The maximum Gasteiger partial charge on any atom is 0.141 e. The first-order valence-electron chi connectivity index (χ1n) is 2.43. The summed E-state index contributed by atoms with van der Waals surface area (Å²) in [6, 6.07) is 0. The lowest BCUT2D eigenvalue weighted by atomic mass is 10.3. The average molecular weight is 143 g/mol. The van der Waals surface area contributed by atoms with E-state index in [2.05, 4.69) is 9.68 Å². The summed E-state index contributed by atoms with van der Waals surface area (Å²) in [4.78, 5) is 9.92. The Morgan fingerprint density at radius 2 is 2.67 bits per heavy atom. The minimum Gasteiger partial charge on any atom is -0.389 e. The minimum atomic E-state index is 0.325. The van der Waals surface area contributed by atoms with Gasteiger partial charge in [0.15, 0.2) is 0 Å². The molecule has 0 aliphatic heterocycles. The number of carbonyl (C=O) groups is 1. The van der Waals surface area contributed by atoms with Crippen molar-refractivity contribution in [2.24, 2.45) is 0 Å². The first-order chi connectivity index (χ1) is 4.34. The second kappa shape index (κ2) is 2.59. The number of aldehydes is 1. The molecule has 0 aromatic carbocycles. The predicted octanol–water partition coefficient (Wildman–Crippen LogP) is 1.08. The van der Waals surface area contributed by atoms with Crippen molar-refractivity contribution >= 4 is 18.5 Å². The number of H-pyrrole nitrogens is 1. The van der Waals surface area contributed by atoms with Gasteiger partial charge in [-0.15, -0.1) is 0 Å². The van der Waals surface area contributed by atoms with Gasteiger partial charge in [-0.25, -0.2) is 5.16 Å². The number of hydrogen-bond acceptors (Lipinski definition) is 3. The first kappa shape index (κ1) is 6.22. The van der Waals surface area contributed by atoms with E-state index >= 15 is 0 Å². The van der Waals surface area contributed by atoms with Crippen LogP contribution in [-0.2, 0) is 11.2 Å². The van der Waals surface area contributed by atoms with Gasteiger partial charge in [0.1, 0.15) is 17.2 Å². The van der Waals surface area contributed by atoms with Crippen LogP contribution in [0.25, 0.3) is 0 Å². The molecule has 1 rings (SSSR count). The molecule has 0 saturated carbocycles. The van der Waals surface area contributed by atoms with Gasteiger partial charge >= 0.3 is 0 Å². The molecular formula is C5H5NO2S. The SMILES string of the molecule is O=CCc1co[nH]c1=S. The van der Waals surface area contributed by atoms with Gasteiger partial charge in [0.25, 0.3) is 0 Å². The summed E-state index contributed by atoms with van der Waals surface area (Å²) in [6.07, 6.45) is 2.55. The lowest BCUT2D eigenvalue weighted by Crippen LogP contribution is -1.81. The van der Waals surface area contributed by atoms with Crippen molar-refractivity contribution in [3.8, 4) is 0 Å². The van der Waals surface area contributed by atoms with Gasteiger partial charge in [-0.1, -0.05) is 12.2 Å². The summed E-state index contributed by atoms with van der Waals surface area (Å²) < 4.78 is 5.11. The standard InChI is InChI=1S/C5H5NO2S/c7-2-1-4-3-8-6-5(4)9/h2-3H,1H2,(H,6,9). The highest BCUT2D eigenvalue weighted by molar-refractivity contribution is 7.71. The summed E-state index contributed by atoms with van der Waals surface area (Å²) in [5.41, 5.74) is 0.736. The molecule has 3 nitrogen and oxygen atoms in total. The van der Waals surface area contributed by atoms with Crippen LogP contribution < -0.4 is 0 Å². The van der Waals surface area contributed by atoms with Crippen molar-refractivity contribution in [1.29, 1.82) is 0 Å². The molecule has 0 amide bonds. The fourth-order valence-corrected chi connectivity index (χ4v) is 0.683. The molecule has 0 spiro atoms. The first-order valence-corrected chi connectivity index (χ1v) is 2.84. The summed E-state index contributed by atoms with van der Waals surface area (Å²) in [5, 5.41) is 2.43. The van der Waals surface area contributed by atoms with Gasteiger partial charge < -0.3 is 9.32 Å². The number of aromatic amines is 1. The monoisotopic (exact) mass is 143 g/mol.